The summed E-state index contributed by atoms with van der Waals surface area (Å²) in [4.78, 5) is 4.32. The molecule has 106 valence electrons. The lowest BCUT2D eigenvalue weighted by atomic mass is 9.85. The molecule has 0 aromatic heterocycles. The monoisotopic (exact) mass is 286 g/mol. The van der Waals surface area contributed by atoms with E-state index in [9.17, 15) is 12.8 Å². The number of hydrogen-bond donors (Lipinski definition) is 1. The van der Waals surface area contributed by atoms with Crippen molar-refractivity contribution in [2.24, 2.45) is 10.7 Å². The molecule has 0 saturated carbocycles. The predicted molar refractivity (Wildman–Crippen MR) is 74.4 cm³/mol. The second-order valence-corrected chi connectivity index (χ2v) is 7.76. The first-order valence-corrected chi connectivity index (χ1v) is 8.11. The van der Waals surface area contributed by atoms with Gasteiger partial charge in [-0.15, -0.1) is 0 Å². The molecule has 0 saturated heterocycles. The number of aliphatic imine (C=N–C) groups is 1. The van der Waals surface area contributed by atoms with Crippen molar-refractivity contribution in [3.05, 3.63) is 23.6 Å². The van der Waals surface area contributed by atoms with Crippen LogP contribution in [0.3, 0.4) is 0 Å². The van der Waals surface area contributed by atoms with E-state index in [1.165, 1.54) is 13.0 Å². The normalized spacial score (nSPS) is 34.9. The third-order valence-electron chi connectivity index (χ3n) is 3.88. The molecule has 4 nitrogen and oxygen atoms in total. The van der Waals surface area contributed by atoms with Crippen molar-refractivity contribution in [2.75, 3.05) is 5.75 Å². The van der Waals surface area contributed by atoms with Crippen LogP contribution in [-0.2, 0) is 9.84 Å². The summed E-state index contributed by atoms with van der Waals surface area (Å²) in [7, 11) is -3.30. The van der Waals surface area contributed by atoms with Gasteiger partial charge >= 0.3 is 0 Å². The summed E-state index contributed by atoms with van der Waals surface area (Å²) in [6.07, 6.45) is 4.99. The van der Waals surface area contributed by atoms with E-state index in [-0.39, 0.29) is 23.8 Å². The topological polar surface area (TPSA) is 72.5 Å². The molecule has 2 aliphatic rings. The molecular formula is C13H19FN2O2S. The zero-order valence-electron chi connectivity index (χ0n) is 11.2. The molecule has 0 aromatic rings. The van der Waals surface area contributed by atoms with E-state index in [1.54, 1.807) is 13.0 Å². The van der Waals surface area contributed by atoms with Gasteiger partial charge in [-0.2, -0.15) is 0 Å². The van der Waals surface area contributed by atoms with Crippen molar-refractivity contribution >= 4 is 15.7 Å². The average molecular weight is 286 g/mol. The molecule has 0 aromatic carbocycles. The first kappa shape index (κ1) is 14.2. The van der Waals surface area contributed by atoms with E-state index < -0.39 is 20.6 Å². The lowest BCUT2D eigenvalue weighted by Crippen LogP contribution is -2.34. The maximum absolute atomic E-state index is 14.0. The van der Waals surface area contributed by atoms with E-state index in [4.69, 9.17) is 5.73 Å². The predicted octanol–water partition coefficient (Wildman–Crippen LogP) is 1.88. The van der Waals surface area contributed by atoms with Crippen LogP contribution in [-0.4, -0.2) is 30.8 Å². The van der Waals surface area contributed by atoms with Gasteiger partial charge in [0.05, 0.1) is 11.3 Å². The highest BCUT2D eigenvalue weighted by Crippen LogP contribution is 2.37. The molecule has 1 aliphatic heterocycles. The van der Waals surface area contributed by atoms with Crippen molar-refractivity contribution in [3.63, 3.8) is 0 Å². The van der Waals surface area contributed by atoms with Crippen molar-refractivity contribution < 1.29 is 12.8 Å². The quantitative estimate of drug-likeness (QED) is 0.800. The molecule has 0 radical (unpaired) electrons. The van der Waals surface area contributed by atoms with Gasteiger partial charge in [-0.05, 0) is 39.2 Å². The lowest BCUT2D eigenvalue weighted by Gasteiger charge is -2.28. The SMILES string of the molecule is C[C@H]1C(N)=NC(C)(C2=CCCC=C2F)CCS1(=O)=O. The Balaban J connectivity index is 2.45. The number of rotatable bonds is 1. The van der Waals surface area contributed by atoms with E-state index in [0.717, 1.165) is 6.42 Å². The number of halogens is 1. The molecule has 2 rings (SSSR count). The van der Waals surface area contributed by atoms with E-state index in [2.05, 4.69) is 4.99 Å². The van der Waals surface area contributed by atoms with E-state index in [1.807, 2.05) is 0 Å². The van der Waals surface area contributed by atoms with Crippen molar-refractivity contribution in [2.45, 2.75) is 43.9 Å². The second-order valence-electron chi connectivity index (χ2n) is 5.32. The van der Waals surface area contributed by atoms with Gasteiger partial charge in [0.15, 0.2) is 9.84 Å². The third-order valence-corrected chi connectivity index (χ3v) is 5.97. The van der Waals surface area contributed by atoms with Crippen LogP contribution < -0.4 is 5.73 Å². The first-order valence-electron chi connectivity index (χ1n) is 6.40. The van der Waals surface area contributed by atoms with Gasteiger partial charge in [0.25, 0.3) is 0 Å². The van der Waals surface area contributed by atoms with E-state index in [0.29, 0.717) is 12.0 Å². The van der Waals surface area contributed by atoms with Gasteiger partial charge in [-0.25, -0.2) is 12.8 Å². The number of nitrogens with zero attached hydrogens (tertiary/aromatic N) is 1. The fourth-order valence-corrected chi connectivity index (χ4v) is 3.91. The van der Waals surface area contributed by atoms with Crippen LogP contribution in [0.25, 0.3) is 0 Å². The zero-order chi connectivity index (χ0) is 14.3. The van der Waals surface area contributed by atoms with Gasteiger partial charge in [-0.1, -0.05) is 6.08 Å². The summed E-state index contributed by atoms with van der Waals surface area (Å²) in [5.74, 6) is -0.268. The fraction of sp³-hybridized carbons (Fsp3) is 0.615. The van der Waals surface area contributed by atoms with Crippen LogP contribution in [0.15, 0.2) is 28.5 Å². The molecular weight excluding hydrogens is 267 g/mol. The summed E-state index contributed by atoms with van der Waals surface area (Å²) >= 11 is 0. The molecule has 1 unspecified atom stereocenters. The largest absolute Gasteiger partial charge is 0.386 e. The molecule has 6 heteroatoms. The molecule has 2 atom stereocenters. The van der Waals surface area contributed by atoms with Gasteiger partial charge < -0.3 is 5.73 Å². The Morgan fingerprint density at radius 3 is 2.68 bits per heavy atom. The Kier molecular flexibility index (Phi) is 3.55. The maximum atomic E-state index is 14.0. The Morgan fingerprint density at radius 2 is 2.05 bits per heavy atom. The number of amidine groups is 1. The van der Waals surface area contributed by atoms with Crippen LogP contribution in [0.5, 0.6) is 0 Å². The van der Waals surface area contributed by atoms with Crippen LogP contribution >= 0.6 is 0 Å². The smallest absolute Gasteiger partial charge is 0.160 e. The minimum atomic E-state index is -3.30. The summed E-state index contributed by atoms with van der Waals surface area (Å²) < 4.78 is 37.9. The number of nitrogens with two attached hydrogens (primary N) is 1. The molecule has 1 heterocycles. The zero-order valence-corrected chi connectivity index (χ0v) is 12.0. The van der Waals surface area contributed by atoms with Crippen LogP contribution in [0.2, 0.25) is 0 Å². The van der Waals surface area contributed by atoms with Gasteiger partial charge in [-0.3, -0.25) is 4.99 Å². The van der Waals surface area contributed by atoms with Gasteiger partial charge in [0.2, 0.25) is 0 Å². The second kappa shape index (κ2) is 4.74. The van der Waals surface area contributed by atoms with Gasteiger partial charge in [0, 0.05) is 5.57 Å². The molecule has 0 fully saturated rings. The minimum Gasteiger partial charge on any atom is -0.386 e. The molecule has 1 aliphatic carbocycles. The Labute approximate surface area is 113 Å². The first-order chi connectivity index (χ1) is 8.76. The highest BCUT2D eigenvalue weighted by atomic mass is 32.2. The Bertz CT molecular complexity index is 577. The molecule has 19 heavy (non-hydrogen) atoms. The standard InChI is InChI=1S/C13H19FN2O2S/c1-9-12(15)16-13(2,7-8-19(9,17)18)10-5-3-4-6-11(10)14/h5-6,9H,3-4,7-8H2,1-2H3,(H2,15,16)/t9-,13?/m0/s1. The van der Waals surface area contributed by atoms with Crippen LogP contribution in [0.4, 0.5) is 4.39 Å². The summed E-state index contributed by atoms with van der Waals surface area (Å²) in [5.41, 5.74) is 5.36. The van der Waals surface area contributed by atoms with Crippen molar-refractivity contribution in [1.82, 2.24) is 0 Å². The summed E-state index contributed by atoms with van der Waals surface area (Å²) in [6.45, 7) is 3.28. The summed E-state index contributed by atoms with van der Waals surface area (Å²) in [5, 5.41) is -0.800. The highest BCUT2D eigenvalue weighted by molar-refractivity contribution is 7.92. The van der Waals surface area contributed by atoms with Crippen LogP contribution in [0, 0.1) is 0 Å². The number of hydrogen-bond acceptors (Lipinski definition) is 4. The fourth-order valence-electron chi connectivity index (χ4n) is 2.45. The molecule has 0 amide bonds. The van der Waals surface area contributed by atoms with Crippen molar-refractivity contribution in [1.29, 1.82) is 0 Å². The molecule has 0 spiro atoms. The number of allylic oxidation sites excluding steroid dienone is 2. The highest BCUT2D eigenvalue weighted by Gasteiger charge is 2.39. The van der Waals surface area contributed by atoms with E-state index >= 15 is 0 Å². The average Bonchev–Trinajstić information content (AvgIpc) is 2.42. The Morgan fingerprint density at radius 1 is 1.42 bits per heavy atom. The van der Waals surface area contributed by atoms with Crippen LogP contribution in [0.1, 0.15) is 33.1 Å². The van der Waals surface area contributed by atoms with Crippen molar-refractivity contribution in [3.8, 4) is 0 Å². The minimum absolute atomic E-state index is 0.0283. The molecule has 0 bridgehead atoms. The lowest BCUT2D eigenvalue weighted by molar-refractivity contribution is 0.493. The third kappa shape index (κ3) is 2.59. The summed E-state index contributed by atoms with van der Waals surface area (Å²) in [6, 6.07) is 0. The van der Waals surface area contributed by atoms with Gasteiger partial charge in [0.1, 0.15) is 16.9 Å². The Hall–Kier alpha value is -1.17. The number of sulfone groups is 1. The maximum Gasteiger partial charge on any atom is 0.160 e. The molecule has 2 N–H and O–H groups in total.